The van der Waals surface area contributed by atoms with Crippen molar-refractivity contribution >= 4 is 0 Å². The monoisotopic (exact) mass is 417 g/mol. The van der Waals surface area contributed by atoms with Crippen molar-refractivity contribution in [1.29, 1.82) is 0 Å². The van der Waals surface area contributed by atoms with Crippen LogP contribution in [-0.2, 0) is 0 Å². The Labute approximate surface area is 191 Å². The fraction of sp³-hybridized carbons (Fsp3) is 0.567. The van der Waals surface area contributed by atoms with E-state index in [9.17, 15) is 0 Å². The molecule has 0 amide bonds. The maximum atomic E-state index is 4.58. The summed E-state index contributed by atoms with van der Waals surface area (Å²) in [5.74, 6) is 2.59. The first-order valence-electron chi connectivity index (χ1n) is 12.4. The van der Waals surface area contributed by atoms with Gasteiger partial charge in [-0.2, -0.15) is 0 Å². The van der Waals surface area contributed by atoms with Gasteiger partial charge < -0.3 is 4.90 Å². The molecule has 0 bridgehead atoms. The number of nitrogens with zero attached hydrogens (tertiary/aromatic N) is 1. The molecule has 1 heterocycles. The lowest BCUT2D eigenvalue weighted by Crippen LogP contribution is -2.41. The second-order valence-corrected chi connectivity index (χ2v) is 10.6. The SMILES string of the molecule is C=C(C1=CC(C)C(C)(CC(C)C)C=C1)N1CCCCC2C(C)=C(C=C=C/C=C\C)C2C1. The molecular weight excluding hydrogens is 374 g/mol. The van der Waals surface area contributed by atoms with Crippen LogP contribution in [0.25, 0.3) is 0 Å². The van der Waals surface area contributed by atoms with Crippen LogP contribution in [0.2, 0.25) is 0 Å². The highest BCUT2D eigenvalue weighted by atomic mass is 15.1. The van der Waals surface area contributed by atoms with Crippen LogP contribution in [0.15, 0.2) is 77.3 Å². The molecular formula is C30H43N. The molecule has 4 atom stereocenters. The van der Waals surface area contributed by atoms with Crippen LogP contribution in [0.4, 0.5) is 0 Å². The third kappa shape index (κ3) is 5.27. The van der Waals surface area contributed by atoms with Crippen molar-refractivity contribution in [3.05, 3.63) is 77.3 Å². The second-order valence-electron chi connectivity index (χ2n) is 10.6. The molecule has 0 aromatic rings. The molecule has 0 aromatic carbocycles. The van der Waals surface area contributed by atoms with Crippen LogP contribution in [0.1, 0.15) is 67.2 Å². The zero-order chi connectivity index (χ0) is 22.6. The van der Waals surface area contributed by atoms with Crippen LogP contribution in [0.5, 0.6) is 0 Å². The van der Waals surface area contributed by atoms with Gasteiger partial charge in [0.15, 0.2) is 0 Å². The van der Waals surface area contributed by atoms with Crippen molar-refractivity contribution in [2.75, 3.05) is 13.1 Å². The average Bonchev–Trinajstić information content (AvgIpc) is 2.70. The van der Waals surface area contributed by atoms with Gasteiger partial charge in [-0.25, -0.2) is 0 Å². The number of likely N-dealkylation sites (tertiary alicyclic amines) is 1. The Morgan fingerprint density at radius 1 is 1.32 bits per heavy atom. The summed E-state index contributed by atoms with van der Waals surface area (Å²) in [6, 6.07) is 0. The van der Waals surface area contributed by atoms with E-state index in [-0.39, 0.29) is 5.41 Å². The Hall–Kier alpha value is -1.98. The highest BCUT2D eigenvalue weighted by Crippen LogP contribution is 2.47. The van der Waals surface area contributed by atoms with Gasteiger partial charge in [0.2, 0.25) is 0 Å². The van der Waals surface area contributed by atoms with E-state index in [2.05, 4.69) is 76.1 Å². The number of fused-ring (bicyclic) bond motifs is 1. The first-order valence-corrected chi connectivity index (χ1v) is 12.4. The molecule has 3 rings (SSSR count). The molecule has 0 N–H and O–H groups in total. The normalized spacial score (nSPS) is 30.9. The number of hydrogen-bond acceptors (Lipinski definition) is 1. The fourth-order valence-corrected chi connectivity index (χ4v) is 5.78. The quantitative estimate of drug-likeness (QED) is 0.312. The predicted molar refractivity (Wildman–Crippen MR) is 136 cm³/mol. The van der Waals surface area contributed by atoms with Gasteiger partial charge in [-0.15, -0.1) is 5.73 Å². The summed E-state index contributed by atoms with van der Waals surface area (Å²) in [6.07, 6.45) is 20.8. The van der Waals surface area contributed by atoms with Crippen LogP contribution < -0.4 is 0 Å². The Morgan fingerprint density at radius 2 is 2.10 bits per heavy atom. The second kappa shape index (κ2) is 10.1. The molecule has 4 unspecified atom stereocenters. The lowest BCUT2D eigenvalue weighted by Gasteiger charge is -2.45. The summed E-state index contributed by atoms with van der Waals surface area (Å²) in [7, 11) is 0. The molecule has 1 heteroatoms. The maximum Gasteiger partial charge on any atom is 0.0363 e. The Kier molecular flexibility index (Phi) is 7.71. The summed E-state index contributed by atoms with van der Waals surface area (Å²) >= 11 is 0. The largest absolute Gasteiger partial charge is 0.371 e. The van der Waals surface area contributed by atoms with E-state index in [1.807, 2.05) is 25.2 Å². The van der Waals surface area contributed by atoms with Crippen molar-refractivity contribution in [1.82, 2.24) is 4.90 Å². The van der Waals surface area contributed by atoms with Crippen LogP contribution in [0.3, 0.4) is 0 Å². The highest BCUT2D eigenvalue weighted by molar-refractivity contribution is 5.43. The van der Waals surface area contributed by atoms with Gasteiger partial charge >= 0.3 is 0 Å². The van der Waals surface area contributed by atoms with E-state index in [0.717, 1.165) is 19.0 Å². The predicted octanol–water partition coefficient (Wildman–Crippen LogP) is 8.02. The summed E-state index contributed by atoms with van der Waals surface area (Å²) in [5.41, 5.74) is 9.24. The maximum absolute atomic E-state index is 4.58. The molecule has 1 fully saturated rings. The van der Waals surface area contributed by atoms with Crippen LogP contribution >= 0.6 is 0 Å². The third-order valence-electron chi connectivity index (χ3n) is 7.81. The molecule has 2 aliphatic carbocycles. The molecule has 0 spiro atoms. The molecule has 0 radical (unpaired) electrons. The Morgan fingerprint density at radius 3 is 2.77 bits per heavy atom. The zero-order valence-corrected chi connectivity index (χ0v) is 20.7. The molecule has 0 saturated carbocycles. The molecule has 1 saturated heterocycles. The Bertz CT molecular complexity index is 855. The van der Waals surface area contributed by atoms with Gasteiger partial charge in [-0.05, 0) is 79.6 Å². The average molecular weight is 418 g/mol. The highest BCUT2D eigenvalue weighted by Gasteiger charge is 2.39. The minimum atomic E-state index is 0.254. The standard InChI is InChI=1S/C30H43N/c1-8-9-10-11-14-27-24(5)28-15-12-13-18-31(21-29(27)28)25(6)26-16-17-30(7,20-22(2)3)23(4)19-26/h8-10,14,16-17,19,22-23,28-29H,6,12-13,15,18,20-21H2,1-5,7H3/b9-8-. The third-order valence-corrected chi connectivity index (χ3v) is 7.81. The van der Waals surface area contributed by atoms with Crippen LogP contribution in [-0.4, -0.2) is 18.0 Å². The molecule has 3 aliphatic rings. The van der Waals surface area contributed by atoms with Crippen molar-refractivity contribution in [3.8, 4) is 0 Å². The summed E-state index contributed by atoms with van der Waals surface area (Å²) < 4.78 is 0. The number of allylic oxidation sites excluding steroid dienone is 7. The summed E-state index contributed by atoms with van der Waals surface area (Å²) in [6.45, 7) is 20.6. The first-order chi connectivity index (χ1) is 14.8. The van der Waals surface area contributed by atoms with Gasteiger partial charge in [0.05, 0.1) is 0 Å². The molecule has 168 valence electrons. The fourth-order valence-electron chi connectivity index (χ4n) is 5.78. The van der Waals surface area contributed by atoms with E-state index < -0.39 is 0 Å². The lowest BCUT2D eigenvalue weighted by atomic mass is 9.65. The van der Waals surface area contributed by atoms with Crippen molar-refractivity contribution in [3.63, 3.8) is 0 Å². The first kappa shape index (κ1) is 23.7. The van der Waals surface area contributed by atoms with E-state index in [1.54, 1.807) is 5.57 Å². The smallest absolute Gasteiger partial charge is 0.0363 e. The van der Waals surface area contributed by atoms with Crippen molar-refractivity contribution in [2.45, 2.75) is 67.2 Å². The molecule has 1 nitrogen and oxygen atoms in total. The van der Waals surface area contributed by atoms with Crippen molar-refractivity contribution < 1.29 is 0 Å². The summed E-state index contributed by atoms with van der Waals surface area (Å²) in [5, 5.41) is 0. The minimum absolute atomic E-state index is 0.254. The lowest BCUT2D eigenvalue weighted by molar-refractivity contribution is 0.209. The van der Waals surface area contributed by atoms with E-state index in [4.69, 9.17) is 0 Å². The minimum Gasteiger partial charge on any atom is -0.371 e. The van der Waals surface area contributed by atoms with E-state index in [1.165, 1.54) is 42.5 Å². The van der Waals surface area contributed by atoms with Gasteiger partial charge in [-0.3, -0.25) is 0 Å². The molecule has 1 aliphatic heterocycles. The van der Waals surface area contributed by atoms with E-state index in [0.29, 0.717) is 17.8 Å². The zero-order valence-electron chi connectivity index (χ0n) is 20.7. The number of hydrogen-bond donors (Lipinski definition) is 0. The summed E-state index contributed by atoms with van der Waals surface area (Å²) in [4.78, 5) is 2.57. The molecule has 0 aromatic heterocycles. The Balaban J connectivity index is 1.76. The van der Waals surface area contributed by atoms with Crippen LogP contribution in [0, 0.1) is 29.1 Å². The van der Waals surface area contributed by atoms with Crippen molar-refractivity contribution in [2.24, 2.45) is 29.1 Å². The van der Waals surface area contributed by atoms with Gasteiger partial charge in [0.25, 0.3) is 0 Å². The van der Waals surface area contributed by atoms with Gasteiger partial charge in [0.1, 0.15) is 0 Å². The topological polar surface area (TPSA) is 3.24 Å². The number of rotatable bonds is 6. The van der Waals surface area contributed by atoms with E-state index >= 15 is 0 Å². The molecule has 31 heavy (non-hydrogen) atoms. The van der Waals surface area contributed by atoms with Gasteiger partial charge in [0, 0.05) is 24.7 Å². The van der Waals surface area contributed by atoms with Gasteiger partial charge in [-0.1, -0.05) is 76.6 Å².